The smallest absolute Gasteiger partial charge is 0.352 e. The summed E-state index contributed by atoms with van der Waals surface area (Å²) in [5.74, 6) is -1.13. The van der Waals surface area contributed by atoms with Gasteiger partial charge < -0.3 is 10.2 Å². The number of nitrogens with one attached hydrogen (secondary N) is 1. The number of alkyl halides is 3. The van der Waals surface area contributed by atoms with Crippen molar-refractivity contribution >= 4 is 27.5 Å². The van der Waals surface area contributed by atoms with Crippen molar-refractivity contribution in [1.29, 1.82) is 0 Å². The number of rotatable bonds is 12. The average Bonchev–Trinajstić information content (AvgIpc) is 2.96. The fourth-order valence-electron chi connectivity index (χ4n) is 4.42. The van der Waals surface area contributed by atoms with E-state index in [1.165, 1.54) is 35.2 Å². The molecule has 2 amide bonds. The van der Waals surface area contributed by atoms with Gasteiger partial charge >= 0.3 is 6.18 Å². The van der Waals surface area contributed by atoms with Crippen molar-refractivity contribution in [3.8, 4) is 0 Å². The summed E-state index contributed by atoms with van der Waals surface area (Å²) in [6.07, 6.45) is -3.85. The number of hydrogen-bond donors (Lipinski definition) is 1. The molecule has 0 unspecified atom stereocenters. The number of halogens is 3. The normalized spacial score (nSPS) is 13.2. The molecule has 0 aliphatic rings. The molecule has 0 saturated heterocycles. The topological polar surface area (TPSA) is 86.8 Å². The molecule has 0 heterocycles. The van der Waals surface area contributed by atoms with Crippen molar-refractivity contribution < 1.29 is 31.2 Å². The summed E-state index contributed by atoms with van der Waals surface area (Å²) in [4.78, 5) is 28.5. The van der Waals surface area contributed by atoms with Crippen molar-refractivity contribution in [2.24, 2.45) is 0 Å². The van der Waals surface area contributed by atoms with Crippen LogP contribution in [0.4, 0.5) is 18.9 Å². The van der Waals surface area contributed by atoms with Gasteiger partial charge in [-0.1, -0.05) is 62.4 Å². The Balaban J connectivity index is 2.12. The number of sulfonamides is 1. The predicted octanol–water partition coefficient (Wildman–Crippen LogP) is 5.93. The fourth-order valence-corrected chi connectivity index (χ4v) is 5.84. The van der Waals surface area contributed by atoms with Gasteiger partial charge in [0.05, 0.1) is 16.1 Å². The Morgan fingerprint density at radius 1 is 0.905 bits per heavy atom. The van der Waals surface area contributed by atoms with Crippen LogP contribution in [0.25, 0.3) is 0 Å². The van der Waals surface area contributed by atoms with Gasteiger partial charge in [-0.3, -0.25) is 13.9 Å². The Hall–Kier alpha value is -3.86. The summed E-state index contributed by atoms with van der Waals surface area (Å²) in [7, 11) is -4.48. The minimum atomic E-state index is -4.74. The quantitative estimate of drug-likeness (QED) is 0.278. The van der Waals surface area contributed by atoms with Crippen LogP contribution in [0.15, 0.2) is 83.8 Å². The predicted molar refractivity (Wildman–Crippen MR) is 156 cm³/mol. The number of hydrogen-bond acceptors (Lipinski definition) is 4. The highest BCUT2D eigenvalue weighted by atomic mass is 32.2. The molecule has 0 aromatic heterocycles. The largest absolute Gasteiger partial charge is 0.416 e. The Morgan fingerprint density at radius 2 is 1.55 bits per heavy atom. The number of carbonyl (C=O) groups is 2. The van der Waals surface area contributed by atoms with Crippen molar-refractivity contribution in [3.63, 3.8) is 0 Å². The van der Waals surface area contributed by atoms with Crippen LogP contribution in [-0.4, -0.2) is 43.8 Å². The maximum atomic E-state index is 14.1. The van der Waals surface area contributed by atoms with E-state index >= 15 is 0 Å². The zero-order valence-corrected chi connectivity index (χ0v) is 24.9. The molecular weight excluding hydrogens is 567 g/mol. The molecule has 3 rings (SSSR count). The minimum absolute atomic E-state index is 0.000243. The lowest BCUT2D eigenvalue weighted by Gasteiger charge is -2.34. The third-order valence-corrected chi connectivity index (χ3v) is 8.85. The van der Waals surface area contributed by atoms with Gasteiger partial charge in [0, 0.05) is 12.6 Å². The van der Waals surface area contributed by atoms with E-state index in [0.717, 1.165) is 23.3 Å². The van der Waals surface area contributed by atoms with E-state index in [0.29, 0.717) is 16.8 Å². The van der Waals surface area contributed by atoms with Crippen LogP contribution in [0.2, 0.25) is 0 Å². The van der Waals surface area contributed by atoms with E-state index in [1.54, 1.807) is 25.1 Å². The van der Waals surface area contributed by atoms with E-state index in [-0.39, 0.29) is 29.6 Å². The molecule has 42 heavy (non-hydrogen) atoms. The third-order valence-electron chi connectivity index (χ3n) is 7.06. The van der Waals surface area contributed by atoms with Crippen LogP contribution in [0, 0.1) is 6.92 Å². The highest BCUT2D eigenvalue weighted by Crippen LogP contribution is 2.33. The lowest BCUT2D eigenvalue weighted by molar-refractivity contribution is -0.140. The molecule has 0 fully saturated rings. The molecular formula is C31H36F3N3O4S. The summed E-state index contributed by atoms with van der Waals surface area (Å²) in [6, 6.07) is 17.2. The van der Waals surface area contributed by atoms with Crippen molar-refractivity contribution in [2.45, 2.75) is 70.2 Å². The van der Waals surface area contributed by atoms with Gasteiger partial charge in [0.15, 0.2) is 0 Å². The molecule has 0 spiro atoms. The second kappa shape index (κ2) is 13.9. The summed E-state index contributed by atoms with van der Waals surface area (Å²) in [5, 5.41) is 2.89. The Bertz CT molecular complexity index is 1480. The molecule has 226 valence electrons. The average molecular weight is 604 g/mol. The maximum absolute atomic E-state index is 14.1. The number of aryl methyl sites for hydroxylation is 1. The molecule has 3 aromatic rings. The zero-order chi connectivity index (χ0) is 31.1. The van der Waals surface area contributed by atoms with Gasteiger partial charge in [0.25, 0.3) is 10.0 Å². The first kappa shape index (κ1) is 32.7. The van der Waals surface area contributed by atoms with Crippen LogP contribution in [0.1, 0.15) is 50.3 Å². The summed E-state index contributed by atoms with van der Waals surface area (Å²) in [6.45, 7) is 6.51. The van der Waals surface area contributed by atoms with E-state index in [1.807, 2.05) is 32.9 Å². The van der Waals surface area contributed by atoms with Gasteiger partial charge in [-0.05, 0) is 68.1 Å². The number of anilines is 1. The van der Waals surface area contributed by atoms with Gasteiger partial charge in [0.1, 0.15) is 12.6 Å². The minimum Gasteiger partial charge on any atom is -0.352 e. The molecule has 3 aromatic carbocycles. The first-order chi connectivity index (χ1) is 19.8. The van der Waals surface area contributed by atoms with E-state index < -0.39 is 46.2 Å². The summed E-state index contributed by atoms with van der Waals surface area (Å²) in [5.41, 5.74) is 0.225. The standard InChI is InChI=1S/C31H36F3N3O4S/c1-5-23(4)35-30(39)28(6-2)36(20-24-14-11-10-13-22(24)3)29(38)21-37(42(40,41)27-17-8-7-9-18-27)26-16-12-15-25(19-26)31(32,33)34/h7-19,23,28H,5-6,20-21H2,1-4H3,(H,35,39)/t23-,28+/m1/s1. The summed E-state index contributed by atoms with van der Waals surface area (Å²) < 4.78 is 69.1. The molecule has 0 aliphatic carbocycles. The first-order valence-corrected chi connectivity index (χ1v) is 15.1. The molecule has 0 radical (unpaired) electrons. The van der Waals surface area contributed by atoms with Crippen LogP contribution in [0.3, 0.4) is 0 Å². The molecule has 1 N–H and O–H groups in total. The van der Waals surface area contributed by atoms with Crippen LogP contribution >= 0.6 is 0 Å². The highest BCUT2D eigenvalue weighted by molar-refractivity contribution is 7.92. The van der Waals surface area contributed by atoms with E-state index in [2.05, 4.69) is 5.32 Å². The first-order valence-electron chi connectivity index (χ1n) is 13.7. The lowest BCUT2D eigenvalue weighted by Crippen LogP contribution is -2.53. The maximum Gasteiger partial charge on any atom is 0.416 e. The number of benzene rings is 3. The van der Waals surface area contributed by atoms with Gasteiger partial charge in [-0.2, -0.15) is 13.2 Å². The van der Waals surface area contributed by atoms with Crippen molar-refractivity contribution in [1.82, 2.24) is 10.2 Å². The molecule has 0 saturated carbocycles. The molecule has 0 aliphatic heterocycles. The second-order valence-corrected chi connectivity index (χ2v) is 11.9. The SMILES string of the molecule is CC[C@@H](C)NC(=O)[C@H](CC)N(Cc1ccccc1C)C(=O)CN(c1cccc(C(F)(F)F)c1)S(=O)(=O)c1ccccc1. The third kappa shape index (κ3) is 7.90. The van der Waals surface area contributed by atoms with Crippen LogP contribution in [0.5, 0.6) is 0 Å². The van der Waals surface area contributed by atoms with Crippen molar-refractivity contribution in [2.75, 3.05) is 10.8 Å². The molecule has 2 atom stereocenters. The Kier molecular flexibility index (Phi) is 10.8. The van der Waals surface area contributed by atoms with Gasteiger partial charge in [0.2, 0.25) is 11.8 Å². The van der Waals surface area contributed by atoms with Crippen LogP contribution in [-0.2, 0) is 32.3 Å². The Labute approximate surface area is 245 Å². The summed E-state index contributed by atoms with van der Waals surface area (Å²) >= 11 is 0. The molecule has 11 heteroatoms. The number of amides is 2. The van der Waals surface area contributed by atoms with Crippen molar-refractivity contribution in [3.05, 3.63) is 95.6 Å². The number of carbonyl (C=O) groups excluding carboxylic acids is 2. The van der Waals surface area contributed by atoms with E-state index in [4.69, 9.17) is 0 Å². The van der Waals surface area contributed by atoms with Gasteiger partial charge in [-0.25, -0.2) is 8.42 Å². The number of nitrogens with zero attached hydrogens (tertiary/aromatic N) is 2. The zero-order valence-electron chi connectivity index (χ0n) is 24.1. The van der Waals surface area contributed by atoms with E-state index in [9.17, 15) is 31.2 Å². The Morgan fingerprint density at radius 3 is 2.14 bits per heavy atom. The van der Waals surface area contributed by atoms with Gasteiger partial charge in [-0.15, -0.1) is 0 Å². The molecule has 7 nitrogen and oxygen atoms in total. The lowest BCUT2D eigenvalue weighted by atomic mass is 10.1. The fraction of sp³-hybridized carbons (Fsp3) is 0.355. The molecule has 0 bridgehead atoms. The van der Waals surface area contributed by atoms with Crippen LogP contribution < -0.4 is 9.62 Å². The monoisotopic (exact) mass is 603 g/mol. The second-order valence-electron chi connectivity index (χ2n) is 10.1. The highest BCUT2D eigenvalue weighted by Gasteiger charge is 2.36.